The van der Waals surface area contributed by atoms with E-state index in [2.05, 4.69) is 10.1 Å². The Balaban J connectivity index is 2.49. The van der Waals surface area contributed by atoms with Gasteiger partial charge in [-0.15, -0.1) is 5.10 Å². The van der Waals surface area contributed by atoms with E-state index >= 15 is 0 Å². The van der Waals surface area contributed by atoms with Gasteiger partial charge >= 0.3 is 6.01 Å². The van der Waals surface area contributed by atoms with E-state index in [0.717, 1.165) is 0 Å². The van der Waals surface area contributed by atoms with Crippen LogP contribution in [-0.4, -0.2) is 23.2 Å². The van der Waals surface area contributed by atoms with Crippen LogP contribution in [0, 0.1) is 6.92 Å². The van der Waals surface area contributed by atoms with Crippen molar-refractivity contribution in [2.75, 3.05) is 5.73 Å². The Hall–Kier alpha value is -2.13. The van der Waals surface area contributed by atoms with Gasteiger partial charge in [-0.3, -0.25) is 4.68 Å². The maximum atomic E-state index is 11.4. The van der Waals surface area contributed by atoms with Gasteiger partial charge in [0.05, 0.1) is 4.90 Å². The molecule has 0 unspecified atom stereocenters. The van der Waals surface area contributed by atoms with Gasteiger partial charge in [0.2, 0.25) is 10.0 Å². The van der Waals surface area contributed by atoms with Crippen LogP contribution in [0.15, 0.2) is 23.4 Å². The first-order chi connectivity index (χ1) is 8.77. The van der Waals surface area contributed by atoms with Crippen LogP contribution < -0.4 is 15.6 Å². The Bertz CT molecular complexity index is 723. The van der Waals surface area contributed by atoms with Crippen LogP contribution in [0.4, 0.5) is 5.69 Å². The van der Waals surface area contributed by atoms with E-state index in [1.54, 1.807) is 14.0 Å². The molecule has 1 aromatic carbocycles. The summed E-state index contributed by atoms with van der Waals surface area (Å²) in [4.78, 5) is 3.80. The van der Waals surface area contributed by atoms with Crippen LogP contribution in [0.5, 0.6) is 11.8 Å². The summed E-state index contributed by atoms with van der Waals surface area (Å²) in [5, 5.41) is 9.05. The molecule has 0 aliphatic rings. The average molecular weight is 283 g/mol. The van der Waals surface area contributed by atoms with Crippen molar-refractivity contribution in [3.8, 4) is 11.8 Å². The number of rotatable bonds is 3. The SMILES string of the molecule is Cc1c(Oc2ncn(C)n2)cc(N)cc1S(N)(=O)=O. The Morgan fingerprint density at radius 2 is 2.05 bits per heavy atom. The first-order valence-electron chi connectivity index (χ1n) is 5.24. The van der Waals surface area contributed by atoms with Crippen molar-refractivity contribution >= 4 is 15.7 Å². The molecule has 19 heavy (non-hydrogen) atoms. The Morgan fingerprint density at radius 1 is 1.37 bits per heavy atom. The van der Waals surface area contributed by atoms with Crippen molar-refractivity contribution in [3.05, 3.63) is 24.0 Å². The summed E-state index contributed by atoms with van der Waals surface area (Å²) in [5.41, 5.74) is 6.21. The highest BCUT2D eigenvalue weighted by Gasteiger charge is 2.17. The topological polar surface area (TPSA) is 126 Å². The van der Waals surface area contributed by atoms with Gasteiger partial charge in [0.25, 0.3) is 0 Å². The molecule has 0 radical (unpaired) electrons. The standard InChI is InChI=1S/C10H13N5O3S/c1-6-8(18-10-13-5-15(2)14-10)3-7(11)4-9(6)19(12,16)17/h3-5H,11H2,1-2H3,(H2,12,16,17). The van der Waals surface area contributed by atoms with Gasteiger partial charge in [-0.05, 0) is 13.0 Å². The van der Waals surface area contributed by atoms with Gasteiger partial charge in [0.15, 0.2) is 0 Å². The lowest BCUT2D eigenvalue weighted by Gasteiger charge is -2.10. The fourth-order valence-electron chi connectivity index (χ4n) is 1.55. The molecule has 0 aliphatic heterocycles. The minimum absolute atomic E-state index is 0.0848. The maximum Gasteiger partial charge on any atom is 0.340 e. The predicted octanol–water partition coefficient (Wildman–Crippen LogP) is 0.145. The molecular formula is C10H13N5O3S. The molecule has 0 saturated heterocycles. The van der Waals surface area contributed by atoms with Crippen molar-refractivity contribution in [3.63, 3.8) is 0 Å². The van der Waals surface area contributed by atoms with Crippen LogP contribution >= 0.6 is 0 Å². The number of aryl methyl sites for hydroxylation is 1. The number of nitrogens with two attached hydrogens (primary N) is 2. The van der Waals surface area contributed by atoms with Crippen LogP contribution in [0.3, 0.4) is 0 Å². The van der Waals surface area contributed by atoms with Crippen LogP contribution in [0.1, 0.15) is 5.56 Å². The van der Waals surface area contributed by atoms with E-state index in [1.165, 1.54) is 23.1 Å². The fraction of sp³-hybridized carbons (Fsp3) is 0.200. The number of aromatic nitrogens is 3. The minimum atomic E-state index is -3.87. The van der Waals surface area contributed by atoms with E-state index < -0.39 is 10.0 Å². The number of anilines is 1. The Morgan fingerprint density at radius 3 is 2.58 bits per heavy atom. The first kappa shape index (κ1) is 13.3. The number of sulfonamides is 1. The molecule has 2 rings (SSSR count). The van der Waals surface area contributed by atoms with Gasteiger partial charge < -0.3 is 10.5 Å². The Labute approximate surface area is 110 Å². The number of hydrogen-bond acceptors (Lipinski definition) is 6. The molecule has 0 amide bonds. The summed E-state index contributed by atoms with van der Waals surface area (Å²) in [7, 11) is -2.19. The van der Waals surface area contributed by atoms with E-state index in [0.29, 0.717) is 5.56 Å². The molecule has 102 valence electrons. The van der Waals surface area contributed by atoms with E-state index in [4.69, 9.17) is 15.6 Å². The molecule has 0 fully saturated rings. The largest absolute Gasteiger partial charge is 0.423 e. The highest BCUT2D eigenvalue weighted by atomic mass is 32.2. The van der Waals surface area contributed by atoms with Crippen LogP contribution in [-0.2, 0) is 17.1 Å². The number of nitrogen functional groups attached to an aromatic ring is 1. The minimum Gasteiger partial charge on any atom is -0.423 e. The molecule has 4 N–H and O–H groups in total. The van der Waals surface area contributed by atoms with Gasteiger partial charge in [-0.25, -0.2) is 13.6 Å². The highest BCUT2D eigenvalue weighted by Crippen LogP contribution is 2.30. The van der Waals surface area contributed by atoms with Crippen LogP contribution in [0.25, 0.3) is 0 Å². The van der Waals surface area contributed by atoms with Crippen molar-refractivity contribution in [1.29, 1.82) is 0 Å². The van der Waals surface area contributed by atoms with E-state index in [1.807, 2.05) is 0 Å². The molecule has 8 nitrogen and oxygen atoms in total. The zero-order valence-electron chi connectivity index (χ0n) is 10.4. The lowest BCUT2D eigenvalue weighted by atomic mass is 10.2. The lowest BCUT2D eigenvalue weighted by molar-refractivity contribution is 0.434. The zero-order valence-corrected chi connectivity index (χ0v) is 11.2. The number of benzene rings is 1. The third-order valence-corrected chi connectivity index (χ3v) is 3.46. The van der Waals surface area contributed by atoms with Crippen molar-refractivity contribution in [2.24, 2.45) is 12.2 Å². The number of nitrogens with zero attached hydrogens (tertiary/aromatic N) is 3. The number of ether oxygens (including phenoxy) is 1. The molecule has 1 aromatic heterocycles. The van der Waals surface area contributed by atoms with Gasteiger partial charge in [-0.2, -0.15) is 4.98 Å². The zero-order chi connectivity index (χ0) is 14.2. The van der Waals surface area contributed by atoms with Gasteiger partial charge in [0.1, 0.15) is 12.1 Å². The second kappa shape index (κ2) is 4.52. The summed E-state index contributed by atoms with van der Waals surface area (Å²) in [5.74, 6) is 0.246. The summed E-state index contributed by atoms with van der Waals surface area (Å²) < 4.78 is 29.8. The third-order valence-electron chi connectivity index (χ3n) is 2.42. The molecule has 9 heteroatoms. The second-order valence-electron chi connectivity index (χ2n) is 3.99. The molecule has 0 aliphatic carbocycles. The highest BCUT2D eigenvalue weighted by molar-refractivity contribution is 7.89. The third kappa shape index (κ3) is 2.83. The predicted molar refractivity (Wildman–Crippen MR) is 68.0 cm³/mol. The normalized spacial score (nSPS) is 11.5. The molecule has 0 spiro atoms. The van der Waals surface area contributed by atoms with E-state index in [-0.39, 0.29) is 22.3 Å². The molecule has 0 bridgehead atoms. The quantitative estimate of drug-likeness (QED) is 0.772. The first-order valence-corrected chi connectivity index (χ1v) is 6.78. The number of hydrogen-bond donors (Lipinski definition) is 2. The van der Waals surface area contributed by atoms with Gasteiger partial charge in [0, 0.05) is 24.4 Å². The van der Waals surface area contributed by atoms with Gasteiger partial charge in [-0.1, -0.05) is 0 Å². The Kier molecular flexibility index (Phi) is 3.16. The molecule has 1 heterocycles. The maximum absolute atomic E-state index is 11.4. The van der Waals surface area contributed by atoms with Crippen molar-refractivity contribution in [2.45, 2.75) is 11.8 Å². The summed E-state index contributed by atoms with van der Waals surface area (Å²) in [6, 6.07) is 2.86. The van der Waals surface area contributed by atoms with Crippen molar-refractivity contribution < 1.29 is 13.2 Å². The molecular weight excluding hydrogens is 270 g/mol. The number of primary sulfonamides is 1. The summed E-state index contributed by atoms with van der Waals surface area (Å²) in [6.45, 7) is 1.57. The summed E-state index contributed by atoms with van der Waals surface area (Å²) >= 11 is 0. The van der Waals surface area contributed by atoms with Crippen LogP contribution in [0.2, 0.25) is 0 Å². The molecule has 2 aromatic rings. The molecule has 0 saturated carbocycles. The van der Waals surface area contributed by atoms with Crippen molar-refractivity contribution in [1.82, 2.24) is 14.8 Å². The molecule has 0 atom stereocenters. The fourth-order valence-corrected chi connectivity index (χ4v) is 2.38. The lowest BCUT2D eigenvalue weighted by Crippen LogP contribution is -2.14. The average Bonchev–Trinajstić information content (AvgIpc) is 2.67. The smallest absolute Gasteiger partial charge is 0.340 e. The second-order valence-corrected chi connectivity index (χ2v) is 5.52. The monoisotopic (exact) mass is 283 g/mol. The summed E-state index contributed by atoms with van der Waals surface area (Å²) in [6.07, 6.45) is 1.46. The van der Waals surface area contributed by atoms with E-state index in [9.17, 15) is 8.42 Å².